The Labute approximate surface area is 188 Å². The van der Waals surface area contributed by atoms with Gasteiger partial charge < -0.3 is 15.0 Å². The minimum Gasteiger partial charge on any atom is -0.497 e. The predicted molar refractivity (Wildman–Crippen MR) is 128 cm³/mol. The van der Waals surface area contributed by atoms with Crippen LogP contribution in [0.3, 0.4) is 0 Å². The van der Waals surface area contributed by atoms with Crippen LogP contribution < -0.4 is 15.0 Å². The number of Topliss-reactive ketones (excluding diaryl/α,β-unsaturated/α-hetero) is 1. The number of ketones is 1. The van der Waals surface area contributed by atoms with Gasteiger partial charge in [0.1, 0.15) is 11.5 Å². The van der Waals surface area contributed by atoms with Crippen molar-refractivity contribution in [2.24, 2.45) is 5.92 Å². The van der Waals surface area contributed by atoms with Gasteiger partial charge in [-0.2, -0.15) is 0 Å². The smallest absolute Gasteiger partial charge is 0.183 e. The largest absolute Gasteiger partial charge is 0.497 e. The van der Waals surface area contributed by atoms with Crippen LogP contribution in [0.1, 0.15) is 37.3 Å². The van der Waals surface area contributed by atoms with E-state index < -0.39 is 0 Å². The van der Waals surface area contributed by atoms with Crippen LogP contribution in [-0.2, 0) is 4.79 Å². The number of carbonyl (C=O) groups is 1. The topological polar surface area (TPSA) is 54.5 Å². The number of carbonyl (C=O) groups excluding carboxylic acids is 1. The fourth-order valence-corrected chi connectivity index (χ4v) is 4.88. The van der Waals surface area contributed by atoms with E-state index >= 15 is 0 Å². The maximum atomic E-state index is 12.8. The van der Waals surface area contributed by atoms with Crippen molar-refractivity contribution in [1.82, 2.24) is 4.98 Å². The molecule has 0 radical (unpaired) electrons. The molecule has 1 aromatic heterocycles. The summed E-state index contributed by atoms with van der Waals surface area (Å²) >= 11 is 1.58. The van der Waals surface area contributed by atoms with E-state index in [9.17, 15) is 4.79 Å². The Kier molecular flexibility index (Phi) is 6.56. The van der Waals surface area contributed by atoms with E-state index in [1.807, 2.05) is 38.4 Å². The number of aromatic nitrogens is 1. The third-order valence-electron chi connectivity index (χ3n) is 5.94. The average molecular weight is 436 g/mol. The van der Waals surface area contributed by atoms with Gasteiger partial charge in [-0.15, -0.1) is 11.3 Å². The van der Waals surface area contributed by atoms with Crippen molar-refractivity contribution in [2.75, 3.05) is 31.4 Å². The highest BCUT2D eigenvalue weighted by Crippen LogP contribution is 2.37. The van der Waals surface area contributed by atoms with Crippen molar-refractivity contribution >= 4 is 27.9 Å². The minimum atomic E-state index is -0.0705. The number of hydrogen-bond donors (Lipinski definition) is 1. The molecular weight excluding hydrogens is 406 g/mol. The molecule has 0 aliphatic heterocycles. The second kappa shape index (κ2) is 9.52. The minimum absolute atomic E-state index is 0.0210. The maximum absolute atomic E-state index is 12.8. The molecular formula is C25H29N3O2S. The Hall–Kier alpha value is -2.86. The van der Waals surface area contributed by atoms with E-state index in [2.05, 4.69) is 39.9 Å². The summed E-state index contributed by atoms with van der Waals surface area (Å²) in [5.74, 6) is 1.16. The lowest BCUT2D eigenvalue weighted by Gasteiger charge is -2.30. The number of benzene rings is 2. The van der Waals surface area contributed by atoms with Gasteiger partial charge in [0, 0.05) is 43.1 Å². The number of ether oxygens (including phenoxy) is 1. The normalized spacial score (nSPS) is 17.3. The zero-order valence-corrected chi connectivity index (χ0v) is 19.1. The van der Waals surface area contributed by atoms with E-state index in [0.29, 0.717) is 12.2 Å². The van der Waals surface area contributed by atoms with Gasteiger partial charge in [0.2, 0.25) is 0 Å². The van der Waals surface area contributed by atoms with Crippen molar-refractivity contribution in [3.05, 3.63) is 59.5 Å². The summed E-state index contributed by atoms with van der Waals surface area (Å²) in [4.78, 5) is 19.7. The molecule has 5 nitrogen and oxygen atoms in total. The van der Waals surface area contributed by atoms with E-state index in [4.69, 9.17) is 9.72 Å². The summed E-state index contributed by atoms with van der Waals surface area (Å²) in [5.41, 5.74) is 4.25. The lowest BCUT2D eigenvalue weighted by Crippen LogP contribution is -2.30. The highest BCUT2D eigenvalue weighted by Gasteiger charge is 2.32. The molecule has 2 atom stereocenters. The lowest BCUT2D eigenvalue weighted by atomic mass is 9.80. The van der Waals surface area contributed by atoms with Crippen LogP contribution in [0.25, 0.3) is 11.3 Å². The highest BCUT2D eigenvalue weighted by atomic mass is 32.1. The standard InChI is InChI=1S/C25H29N3O2S/c1-28(2)19-12-8-18(9-13-19)24(21-6-4-5-7-23(21)29)27-25-26-22(16-31-25)17-10-14-20(30-3)15-11-17/h8-16,21,24H,4-7H2,1-3H3,(H,26,27). The first-order valence-electron chi connectivity index (χ1n) is 10.7. The summed E-state index contributed by atoms with van der Waals surface area (Å²) in [6, 6.07) is 16.3. The first-order chi connectivity index (χ1) is 15.0. The summed E-state index contributed by atoms with van der Waals surface area (Å²) in [5, 5.41) is 6.50. The molecule has 3 aromatic rings. The molecule has 6 heteroatoms. The van der Waals surface area contributed by atoms with Gasteiger partial charge in [-0.3, -0.25) is 4.79 Å². The monoisotopic (exact) mass is 435 g/mol. The molecule has 0 spiro atoms. The summed E-state index contributed by atoms with van der Waals surface area (Å²) < 4.78 is 5.25. The molecule has 2 aromatic carbocycles. The van der Waals surface area contributed by atoms with Crippen molar-refractivity contribution in [2.45, 2.75) is 31.7 Å². The second-order valence-corrected chi connectivity index (χ2v) is 9.05. The average Bonchev–Trinajstić information content (AvgIpc) is 3.27. The molecule has 0 bridgehead atoms. The van der Waals surface area contributed by atoms with Crippen LogP contribution in [0.5, 0.6) is 5.75 Å². The molecule has 1 fully saturated rings. The van der Waals surface area contributed by atoms with Crippen LogP contribution in [0.2, 0.25) is 0 Å². The van der Waals surface area contributed by atoms with Crippen molar-refractivity contribution < 1.29 is 9.53 Å². The lowest BCUT2D eigenvalue weighted by molar-refractivity contribution is -0.125. The number of rotatable bonds is 7. The van der Waals surface area contributed by atoms with Gasteiger partial charge in [-0.1, -0.05) is 18.6 Å². The Balaban J connectivity index is 1.60. The van der Waals surface area contributed by atoms with Gasteiger partial charge >= 0.3 is 0 Å². The van der Waals surface area contributed by atoms with Gasteiger partial charge in [-0.05, 0) is 54.8 Å². The molecule has 0 amide bonds. The van der Waals surface area contributed by atoms with Gasteiger partial charge in [0.15, 0.2) is 5.13 Å². The quantitative estimate of drug-likeness (QED) is 0.508. The van der Waals surface area contributed by atoms with Crippen LogP contribution in [0.15, 0.2) is 53.9 Å². The van der Waals surface area contributed by atoms with Gasteiger partial charge in [-0.25, -0.2) is 4.98 Å². The van der Waals surface area contributed by atoms with E-state index in [1.54, 1.807) is 18.4 Å². The number of nitrogens with zero attached hydrogens (tertiary/aromatic N) is 2. The molecule has 1 aliphatic carbocycles. The zero-order valence-electron chi connectivity index (χ0n) is 18.3. The van der Waals surface area contributed by atoms with Crippen molar-refractivity contribution in [3.8, 4) is 17.0 Å². The first kappa shape index (κ1) is 21.4. The highest BCUT2D eigenvalue weighted by molar-refractivity contribution is 7.14. The molecule has 0 saturated heterocycles. The van der Waals surface area contributed by atoms with Crippen molar-refractivity contribution in [1.29, 1.82) is 0 Å². The van der Waals surface area contributed by atoms with E-state index in [1.165, 1.54) is 0 Å². The van der Waals surface area contributed by atoms with E-state index in [0.717, 1.165) is 52.7 Å². The van der Waals surface area contributed by atoms with Gasteiger partial charge in [0.25, 0.3) is 0 Å². The van der Waals surface area contributed by atoms with Crippen LogP contribution >= 0.6 is 11.3 Å². The molecule has 1 N–H and O–H groups in total. The van der Waals surface area contributed by atoms with E-state index in [-0.39, 0.29) is 12.0 Å². The maximum Gasteiger partial charge on any atom is 0.183 e. The summed E-state index contributed by atoms with van der Waals surface area (Å²) in [6.45, 7) is 0. The number of hydrogen-bond acceptors (Lipinski definition) is 6. The molecule has 1 heterocycles. The molecule has 162 valence electrons. The third kappa shape index (κ3) is 4.90. The van der Waals surface area contributed by atoms with Crippen molar-refractivity contribution in [3.63, 3.8) is 0 Å². The summed E-state index contributed by atoms with van der Waals surface area (Å²) in [6.07, 6.45) is 3.69. The molecule has 1 aliphatic rings. The summed E-state index contributed by atoms with van der Waals surface area (Å²) in [7, 11) is 5.73. The SMILES string of the molecule is COc1ccc(-c2csc(NC(c3ccc(N(C)C)cc3)C3CCCCC3=O)n2)cc1. The predicted octanol–water partition coefficient (Wildman–Crippen LogP) is 5.80. The number of nitrogens with one attached hydrogen (secondary N) is 1. The molecule has 4 rings (SSSR count). The zero-order chi connectivity index (χ0) is 21.8. The first-order valence-corrected chi connectivity index (χ1v) is 11.6. The Bertz CT molecular complexity index is 1010. The van der Waals surface area contributed by atoms with Crippen LogP contribution in [0.4, 0.5) is 10.8 Å². The fourth-order valence-electron chi connectivity index (χ4n) is 4.13. The van der Waals surface area contributed by atoms with Crippen LogP contribution in [-0.4, -0.2) is 32.0 Å². The number of methoxy groups -OCH3 is 1. The van der Waals surface area contributed by atoms with Gasteiger partial charge in [0.05, 0.1) is 18.8 Å². The molecule has 31 heavy (non-hydrogen) atoms. The fraction of sp³-hybridized carbons (Fsp3) is 0.360. The Morgan fingerprint density at radius 2 is 1.84 bits per heavy atom. The number of anilines is 2. The third-order valence-corrected chi connectivity index (χ3v) is 6.72. The number of thiazole rings is 1. The molecule has 1 saturated carbocycles. The Morgan fingerprint density at radius 3 is 2.48 bits per heavy atom. The second-order valence-electron chi connectivity index (χ2n) is 8.19. The van der Waals surface area contributed by atoms with Crippen LogP contribution in [0, 0.1) is 5.92 Å². The molecule has 2 unspecified atom stereocenters. The Morgan fingerprint density at radius 1 is 1.10 bits per heavy atom.